The molecule has 1 spiro atoms. The van der Waals surface area contributed by atoms with Crippen LogP contribution in [-0.2, 0) is 9.47 Å². The van der Waals surface area contributed by atoms with Gasteiger partial charge in [0.05, 0.1) is 13.2 Å². The van der Waals surface area contributed by atoms with E-state index < -0.39 is 0 Å². The lowest BCUT2D eigenvalue weighted by molar-refractivity contribution is -0.182. The molecule has 0 saturated carbocycles. The summed E-state index contributed by atoms with van der Waals surface area (Å²) in [5.41, 5.74) is 1.29. The molecule has 2 aliphatic rings. The fourth-order valence-electron chi connectivity index (χ4n) is 2.36. The van der Waals surface area contributed by atoms with Crippen LogP contribution in [0.5, 0.6) is 0 Å². The molecule has 2 rings (SSSR count). The van der Waals surface area contributed by atoms with Crippen LogP contribution in [0.2, 0.25) is 0 Å². The molecule has 2 heterocycles. The normalized spacial score (nSPS) is 24.8. The molecule has 3 heteroatoms. The van der Waals surface area contributed by atoms with Gasteiger partial charge in [-0.1, -0.05) is 24.8 Å². The van der Waals surface area contributed by atoms with Gasteiger partial charge in [-0.05, 0) is 13.0 Å². The van der Waals surface area contributed by atoms with E-state index in [1.807, 2.05) is 12.2 Å². The van der Waals surface area contributed by atoms with E-state index in [4.69, 9.17) is 9.47 Å². The summed E-state index contributed by atoms with van der Waals surface area (Å²) in [7, 11) is 0. The number of allylic oxidation sites excluding steroid dienone is 5. The topological polar surface area (TPSA) is 21.7 Å². The van der Waals surface area contributed by atoms with E-state index in [1.54, 1.807) is 6.08 Å². The SMILES string of the molecule is C=C/C=C\C=C(/C)N1CCC2(CC1)OCCO2. The van der Waals surface area contributed by atoms with Crippen LogP contribution in [-0.4, -0.2) is 37.0 Å². The minimum atomic E-state index is -0.270. The quantitative estimate of drug-likeness (QED) is 0.701. The molecule has 0 aromatic heterocycles. The Morgan fingerprint density at radius 3 is 2.41 bits per heavy atom. The van der Waals surface area contributed by atoms with E-state index in [0.717, 1.165) is 39.1 Å². The second-order valence-corrected chi connectivity index (χ2v) is 4.52. The molecule has 2 aliphatic heterocycles. The molecule has 0 unspecified atom stereocenters. The number of hydrogen-bond acceptors (Lipinski definition) is 3. The predicted molar refractivity (Wildman–Crippen MR) is 68.5 cm³/mol. The first-order valence-corrected chi connectivity index (χ1v) is 6.25. The molecule has 0 aromatic carbocycles. The predicted octanol–water partition coefficient (Wildman–Crippen LogP) is 2.47. The minimum absolute atomic E-state index is 0.270. The van der Waals surface area contributed by atoms with Gasteiger partial charge >= 0.3 is 0 Å². The van der Waals surface area contributed by atoms with Crippen LogP contribution in [0.25, 0.3) is 0 Å². The molecule has 3 nitrogen and oxygen atoms in total. The van der Waals surface area contributed by atoms with Gasteiger partial charge in [-0.25, -0.2) is 0 Å². The zero-order chi connectivity index (χ0) is 12.1. The van der Waals surface area contributed by atoms with Gasteiger partial charge in [0.2, 0.25) is 0 Å². The Kier molecular flexibility index (Phi) is 4.02. The summed E-state index contributed by atoms with van der Waals surface area (Å²) in [6.07, 6.45) is 9.80. The first-order valence-electron chi connectivity index (χ1n) is 6.25. The number of piperidine rings is 1. The molecule has 0 N–H and O–H groups in total. The third-order valence-electron chi connectivity index (χ3n) is 3.42. The fourth-order valence-corrected chi connectivity index (χ4v) is 2.36. The highest BCUT2D eigenvalue weighted by atomic mass is 16.7. The van der Waals surface area contributed by atoms with Crippen molar-refractivity contribution >= 4 is 0 Å². The molecule has 17 heavy (non-hydrogen) atoms. The lowest BCUT2D eigenvalue weighted by Crippen LogP contribution is -2.44. The molecule has 94 valence electrons. The molecule has 2 fully saturated rings. The Labute approximate surface area is 103 Å². The number of likely N-dealkylation sites (tertiary alicyclic amines) is 1. The zero-order valence-corrected chi connectivity index (χ0v) is 10.5. The van der Waals surface area contributed by atoms with E-state index in [-0.39, 0.29) is 5.79 Å². The summed E-state index contributed by atoms with van der Waals surface area (Å²) in [6, 6.07) is 0. The van der Waals surface area contributed by atoms with Gasteiger partial charge in [0, 0.05) is 31.6 Å². The monoisotopic (exact) mass is 235 g/mol. The highest BCUT2D eigenvalue weighted by molar-refractivity contribution is 5.14. The van der Waals surface area contributed by atoms with Crippen LogP contribution >= 0.6 is 0 Å². The summed E-state index contributed by atoms with van der Waals surface area (Å²) in [5.74, 6) is -0.270. The molecule has 0 aliphatic carbocycles. The van der Waals surface area contributed by atoms with Crippen LogP contribution in [0.1, 0.15) is 19.8 Å². The van der Waals surface area contributed by atoms with Gasteiger partial charge in [0.1, 0.15) is 0 Å². The Balaban J connectivity index is 1.87. The van der Waals surface area contributed by atoms with Crippen LogP contribution < -0.4 is 0 Å². The summed E-state index contributed by atoms with van der Waals surface area (Å²) in [6.45, 7) is 9.30. The van der Waals surface area contributed by atoms with E-state index in [1.165, 1.54) is 5.70 Å². The van der Waals surface area contributed by atoms with Gasteiger partial charge < -0.3 is 14.4 Å². The van der Waals surface area contributed by atoms with E-state index in [2.05, 4.69) is 24.5 Å². The minimum Gasteiger partial charge on any atom is -0.375 e. The van der Waals surface area contributed by atoms with Crippen molar-refractivity contribution in [2.24, 2.45) is 0 Å². The maximum Gasteiger partial charge on any atom is 0.171 e. The first-order chi connectivity index (χ1) is 8.26. The smallest absolute Gasteiger partial charge is 0.171 e. The van der Waals surface area contributed by atoms with Crippen molar-refractivity contribution in [2.45, 2.75) is 25.6 Å². The molecule has 0 amide bonds. The molecule has 0 atom stereocenters. The highest BCUT2D eigenvalue weighted by Crippen LogP contribution is 2.32. The maximum absolute atomic E-state index is 5.71. The highest BCUT2D eigenvalue weighted by Gasteiger charge is 2.39. The lowest BCUT2D eigenvalue weighted by Gasteiger charge is -2.39. The van der Waals surface area contributed by atoms with E-state index >= 15 is 0 Å². The second kappa shape index (κ2) is 5.52. The third-order valence-corrected chi connectivity index (χ3v) is 3.42. The van der Waals surface area contributed by atoms with Gasteiger partial charge in [-0.2, -0.15) is 0 Å². The fraction of sp³-hybridized carbons (Fsp3) is 0.571. The first kappa shape index (κ1) is 12.4. The van der Waals surface area contributed by atoms with Gasteiger partial charge in [-0.3, -0.25) is 0 Å². The van der Waals surface area contributed by atoms with Crippen molar-refractivity contribution in [1.82, 2.24) is 4.90 Å². The van der Waals surface area contributed by atoms with Gasteiger partial charge in [0.15, 0.2) is 5.79 Å². The van der Waals surface area contributed by atoms with Crippen molar-refractivity contribution in [1.29, 1.82) is 0 Å². The summed E-state index contributed by atoms with van der Waals surface area (Å²) < 4.78 is 11.4. The van der Waals surface area contributed by atoms with Crippen LogP contribution in [0, 0.1) is 0 Å². The number of rotatable bonds is 3. The van der Waals surface area contributed by atoms with E-state index in [9.17, 15) is 0 Å². The van der Waals surface area contributed by atoms with Crippen LogP contribution in [0.4, 0.5) is 0 Å². The standard InChI is InChI=1S/C14H21NO2/c1-3-4-5-6-13(2)15-9-7-14(8-10-15)16-11-12-17-14/h3-6H,1,7-12H2,2H3/b5-4-,13-6+. The Morgan fingerprint density at radius 1 is 1.18 bits per heavy atom. The molecule has 0 radical (unpaired) electrons. The second-order valence-electron chi connectivity index (χ2n) is 4.52. The van der Waals surface area contributed by atoms with Crippen LogP contribution in [0.15, 0.2) is 36.6 Å². The van der Waals surface area contributed by atoms with E-state index in [0.29, 0.717) is 0 Å². The Bertz CT molecular complexity index is 317. The lowest BCUT2D eigenvalue weighted by atomic mass is 10.0. The molecular formula is C14H21NO2. The molecule has 0 aromatic rings. The van der Waals surface area contributed by atoms with Crippen molar-refractivity contribution in [3.8, 4) is 0 Å². The third kappa shape index (κ3) is 2.99. The maximum atomic E-state index is 5.71. The van der Waals surface area contributed by atoms with Gasteiger partial charge in [0.25, 0.3) is 0 Å². The summed E-state index contributed by atoms with van der Waals surface area (Å²) >= 11 is 0. The average molecular weight is 235 g/mol. The molecule has 0 bridgehead atoms. The zero-order valence-electron chi connectivity index (χ0n) is 10.5. The average Bonchev–Trinajstić information content (AvgIpc) is 2.79. The number of hydrogen-bond donors (Lipinski definition) is 0. The summed E-state index contributed by atoms with van der Waals surface area (Å²) in [4.78, 5) is 2.38. The van der Waals surface area contributed by atoms with Crippen molar-refractivity contribution in [2.75, 3.05) is 26.3 Å². The van der Waals surface area contributed by atoms with Crippen LogP contribution in [0.3, 0.4) is 0 Å². The molecule has 2 saturated heterocycles. The molecular weight excluding hydrogens is 214 g/mol. The Morgan fingerprint density at radius 2 is 1.82 bits per heavy atom. The number of nitrogens with zero attached hydrogens (tertiary/aromatic N) is 1. The Hall–Kier alpha value is -1.06. The largest absolute Gasteiger partial charge is 0.375 e. The number of ether oxygens (including phenoxy) is 2. The van der Waals surface area contributed by atoms with Gasteiger partial charge in [-0.15, -0.1) is 0 Å². The summed E-state index contributed by atoms with van der Waals surface area (Å²) in [5, 5.41) is 0. The van der Waals surface area contributed by atoms with Crippen molar-refractivity contribution < 1.29 is 9.47 Å². The van der Waals surface area contributed by atoms with Crippen molar-refractivity contribution in [3.63, 3.8) is 0 Å². The van der Waals surface area contributed by atoms with Crippen molar-refractivity contribution in [3.05, 3.63) is 36.6 Å².